The highest BCUT2D eigenvalue weighted by molar-refractivity contribution is 7.20. The Kier molecular flexibility index (Phi) is 10.7. The van der Waals surface area contributed by atoms with Gasteiger partial charge in [-0.15, -0.1) is 11.3 Å². The van der Waals surface area contributed by atoms with E-state index in [1.165, 1.54) is 91.4 Å². The zero-order chi connectivity index (χ0) is 48.0. The van der Waals surface area contributed by atoms with Crippen LogP contribution in [0, 0.1) is 22.2 Å². The first-order chi connectivity index (χ1) is 31.3. The maximum Gasteiger partial charge on any atom is 0.253 e. The van der Waals surface area contributed by atoms with Gasteiger partial charge >= 0.3 is 0 Å². The van der Waals surface area contributed by atoms with Gasteiger partial charge in [-0.25, -0.2) is 0 Å². The van der Waals surface area contributed by atoms with Crippen molar-refractivity contribution in [2.45, 2.75) is 165 Å². The molecule has 0 saturated heterocycles. The molecular formula is C63H77BN2S. The zero-order valence-corrected chi connectivity index (χ0v) is 44.7. The van der Waals surface area contributed by atoms with E-state index < -0.39 is 0 Å². The van der Waals surface area contributed by atoms with Gasteiger partial charge in [0.25, 0.3) is 6.71 Å². The Balaban J connectivity index is 1.37. The van der Waals surface area contributed by atoms with Crippen LogP contribution < -0.4 is 20.7 Å². The molecule has 10 rings (SSSR count). The van der Waals surface area contributed by atoms with Crippen LogP contribution in [0.5, 0.6) is 0 Å². The maximum absolute atomic E-state index is 2.85. The van der Waals surface area contributed by atoms with Gasteiger partial charge < -0.3 is 9.80 Å². The normalized spacial score (nSPS) is 23.4. The Bertz CT molecular complexity index is 2890. The first kappa shape index (κ1) is 46.2. The number of hydrogen-bond donors (Lipinski definition) is 0. The number of anilines is 4. The average Bonchev–Trinajstić information content (AvgIpc) is 3.76. The Morgan fingerprint density at radius 1 is 0.791 bits per heavy atom. The lowest BCUT2D eigenvalue weighted by atomic mass is 9.31. The fourth-order valence-electron chi connectivity index (χ4n) is 13.4. The molecule has 4 heteroatoms. The van der Waals surface area contributed by atoms with Gasteiger partial charge in [-0.1, -0.05) is 181 Å². The average molecular weight is 905 g/mol. The first-order valence-corrected chi connectivity index (χ1v) is 26.4. The highest BCUT2D eigenvalue weighted by Crippen LogP contribution is 2.63. The summed E-state index contributed by atoms with van der Waals surface area (Å²) >= 11 is 2.14. The van der Waals surface area contributed by atoms with Crippen LogP contribution in [0.2, 0.25) is 0 Å². The number of allylic oxidation sites excluding steroid dienone is 10. The Hall–Kier alpha value is -4.54. The van der Waals surface area contributed by atoms with Crippen LogP contribution in [0.25, 0.3) is 16.7 Å². The minimum Gasteiger partial charge on any atom is -0.327 e. The van der Waals surface area contributed by atoms with Gasteiger partial charge in [-0.2, -0.15) is 0 Å². The summed E-state index contributed by atoms with van der Waals surface area (Å²) in [6, 6.07) is 24.1. The molecule has 2 aliphatic heterocycles. The molecule has 2 unspecified atom stereocenters. The summed E-state index contributed by atoms with van der Waals surface area (Å²) < 4.78 is 0. The summed E-state index contributed by atoms with van der Waals surface area (Å²) in [6.07, 6.45) is 22.7. The van der Waals surface area contributed by atoms with Crippen molar-refractivity contribution >= 4 is 56.6 Å². The standard InChI is InChI=1S/C63H77BN2S/c1-17-18-22-39(2)41-33-51-54-52(34-41)66(49-30-27-43(59(6,7)8)35-45(49)40-23-20-19-21-24-40)50-37-47-46(62(13,14)38-63(47,15)16)36-48(50)64(54)55-53-56(61(11,12)32-31-60(53,9)10)67-57(55)65(51)44-28-25-42(26-29-44)58(3,4)5/h17-28,30,33-36,44,47H,29,31-32,37-38H2,1-16H3/b18-17-,39-22+. The third-order valence-electron chi connectivity index (χ3n) is 17.1. The Labute approximate surface area is 409 Å². The molecule has 67 heavy (non-hydrogen) atoms. The molecule has 4 aromatic rings. The third-order valence-corrected chi connectivity index (χ3v) is 18.7. The highest BCUT2D eigenvalue weighted by atomic mass is 32.1. The fraction of sp³-hybridized carbons (Fsp3) is 0.460. The molecule has 2 atom stereocenters. The highest BCUT2D eigenvalue weighted by Gasteiger charge is 2.56. The number of hydrogen-bond acceptors (Lipinski definition) is 3. The minimum atomic E-state index is -0.000460. The lowest BCUT2D eigenvalue weighted by molar-refractivity contribution is 0.254. The molecule has 0 amide bonds. The molecule has 348 valence electrons. The van der Waals surface area contributed by atoms with Crippen LogP contribution in [-0.4, -0.2) is 12.8 Å². The van der Waals surface area contributed by atoms with E-state index in [4.69, 9.17) is 0 Å². The minimum absolute atomic E-state index is 0.000460. The van der Waals surface area contributed by atoms with E-state index >= 15 is 0 Å². The van der Waals surface area contributed by atoms with Crippen LogP contribution in [-0.2, 0) is 16.2 Å². The summed E-state index contributed by atoms with van der Waals surface area (Å²) in [7, 11) is 0. The van der Waals surface area contributed by atoms with Crippen molar-refractivity contribution in [1.82, 2.24) is 0 Å². The smallest absolute Gasteiger partial charge is 0.253 e. The van der Waals surface area contributed by atoms with Gasteiger partial charge in [-0.05, 0) is 158 Å². The number of benzene rings is 3. The van der Waals surface area contributed by atoms with Gasteiger partial charge in [0, 0.05) is 27.5 Å². The molecule has 1 fully saturated rings. The Morgan fingerprint density at radius 2 is 1.49 bits per heavy atom. The molecular weight excluding hydrogens is 828 g/mol. The van der Waals surface area contributed by atoms with E-state index in [1.54, 1.807) is 21.5 Å². The molecule has 0 radical (unpaired) electrons. The number of thiophene rings is 1. The number of rotatable bonds is 5. The molecule has 0 bridgehead atoms. The first-order valence-electron chi connectivity index (χ1n) is 25.6. The van der Waals surface area contributed by atoms with Gasteiger partial charge in [0.05, 0.1) is 16.7 Å². The third kappa shape index (κ3) is 7.39. The van der Waals surface area contributed by atoms with Crippen molar-refractivity contribution in [3.63, 3.8) is 0 Å². The molecule has 1 aromatic heterocycles. The van der Waals surface area contributed by atoms with E-state index in [0.717, 1.165) is 12.8 Å². The lowest BCUT2D eigenvalue weighted by Crippen LogP contribution is -2.59. The maximum atomic E-state index is 2.85. The monoisotopic (exact) mass is 905 g/mol. The number of nitrogens with zero attached hydrogens (tertiary/aromatic N) is 2. The van der Waals surface area contributed by atoms with Crippen molar-refractivity contribution in [1.29, 1.82) is 0 Å². The summed E-state index contributed by atoms with van der Waals surface area (Å²) in [5.41, 5.74) is 21.9. The van der Waals surface area contributed by atoms with Crippen LogP contribution in [0.1, 0.15) is 164 Å². The number of fused-ring (bicyclic) bond motifs is 6. The van der Waals surface area contributed by atoms with E-state index in [-0.39, 0.29) is 45.2 Å². The van der Waals surface area contributed by atoms with Crippen LogP contribution >= 0.6 is 11.3 Å². The summed E-state index contributed by atoms with van der Waals surface area (Å²) in [5, 5.41) is 1.48. The van der Waals surface area contributed by atoms with Crippen molar-refractivity contribution < 1.29 is 0 Å². The molecule has 1 saturated carbocycles. The van der Waals surface area contributed by atoms with Crippen molar-refractivity contribution in [2.24, 2.45) is 22.2 Å². The molecule has 2 nitrogen and oxygen atoms in total. The molecule has 3 aromatic carbocycles. The molecule has 0 N–H and O–H groups in total. The van der Waals surface area contributed by atoms with E-state index in [1.807, 2.05) is 0 Å². The summed E-state index contributed by atoms with van der Waals surface area (Å²) in [5.74, 6) is 0.459. The second-order valence-corrected chi connectivity index (χ2v) is 27.0. The SMILES string of the molecule is C/C=C\C=C(/C)c1cc2c3c(c1)N(C1C=CC(C(C)(C)C)=CC1)c1sc4c(c1B3C1=C(CC3C(=C1)C(C)(C)CC3(C)C)N2c1ccc(C(C)(C)C)cc1-c1ccccc1)C(C)(C)CCC4(C)C. The van der Waals surface area contributed by atoms with Crippen LogP contribution in [0.3, 0.4) is 0 Å². The zero-order valence-electron chi connectivity index (χ0n) is 43.9. The van der Waals surface area contributed by atoms with Gasteiger partial charge in [-0.3, -0.25) is 0 Å². The van der Waals surface area contributed by atoms with Crippen molar-refractivity contribution in [3.8, 4) is 11.1 Å². The van der Waals surface area contributed by atoms with E-state index in [2.05, 4.69) is 235 Å². The van der Waals surface area contributed by atoms with E-state index in [9.17, 15) is 0 Å². The lowest BCUT2D eigenvalue weighted by Gasteiger charge is -2.49. The van der Waals surface area contributed by atoms with Gasteiger partial charge in [0.2, 0.25) is 0 Å². The molecule has 4 aliphatic carbocycles. The fourth-order valence-corrected chi connectivity index (χ4v) is 15.2. The summed E-state index contributed by atoms with van der Waals surface area (Å²) in [6.45, 7) is 39.1. The predicted molar refractivity (Wildman–Crippen MR) is 295 cm³/mol. The van der Waals surface area contributed by atoms with Gasteiger partial charge in [0.15, 0.2) is 0 Å². The predicted octanol–water partition coefficient (Wildman–Crippen LogP) is 16.7. The largest absolute Gasteiger partial charge is 0.327 e. The second-order valence-electron chi connectivity index (χ2n) is 26.0. The van der Waals surface area contributed by atoms with Gasteiger partial charge in [0.1, 0.15) is 0 Å². The topological polar surface area (TPSA) is 6.48 Å². The quantitative estimate of drug-likeness (QED) is 0.145. The molecule has 0 spiro atoms. The Morgan fingerprint density at radius 3 is 2.15 bits per heavy atom. The van der Waals surface area contributed by atoms with Crippen LogP contribution in [0.4, 0.5) is 22.1 Å². The van der Waals surface area contributed by atoms with E-state index in [0.29, 0.717) is 5.92 Å². The summed E-state index contributed by atoms with van der Waals surface area (Å²) in [4.78, 5) is 7.27. The van der Waals surface area contributed by atoms with Crippen LogP contribution in [0.15, 0.2) is 126 Å². The molecule has 3 heterocycles. The molecule has 6 aliphatic rings. The second kappa shape index (κ2) is 15.5. The van der Waals surface area contributed by atoms with Crippen molar-refractivity contribution in [2.75, 3.05) is 9.80 Å². The van der Waals surface area contributed by atoms with Crippen molar-refractivity contribution in [3.05, 3.63) is 147 Å².